The molecule has 0 amide bonds. The van der Waals surface area contributed by atoms with Crippen LogP contribution in [-0.2, 0) is 30.8 Å². The SMILES string of the molecule is COCn1cc(C(=O)OC)c2c3c(OC)c(OC)c(OC)cc3c(OC(C)=O)c(S(=O)(=O)c3ccc(C)cc3)c21. The summed E-state index contributed by atoms with van der Waals surface area (Å²) in [5, 5.41) is 0.533. The van der Waals surface area contributed by atoms with Crippen molar-refractivity contribution in [1.29, 1.82) is 0 Å². The lowest BCUT2D eigenvalue weighted by Crippen LogP contribution is -2.12. The fourth-order valence-electron chi connectivity index (χ4n) is 4.70. The van der Waals surface area contributed by atoms with Gasteiger partial charge in [-0.05, 0) is 25.1 Å². The lowest BCUT2D eigenvalue weighted by atomic mass is 10.00. The molecule has 0 aliphatic rings. The number of methoxy groups -OCH3 is 5. The third kappa shape index (κ3) is 4.58. The van der Waals surface area contributed by atoms with Gasteiger partial charge in [-0.15, -0.1) is 0 Å². The Hall–Kier alpha value is -4.29. The van der Waals surface area contributed by atoms with Gasteiger partial charge in [0.1, 0.15) is 11.6 Å². The van der Waals surface area contributed by atoms with Crippen LogP contribution in [0.4, 0.5) is 0 Å². The van der Waals surface area contributed by atoms with Gasteiger partial charge in [0, 0.05) is 36.4 Å². The van der Waals surface area contributed by atoms with Gasteiger partial charge in [0.15, 0.2) is 17.2 Å². The van der Waals surface area contributed by atoms with Crippen molar-refractivity contribution in [2.45, 2.75) is 30.4 Å². The highest BCUT2D eigenvalue weighted by atomic mass is 32.2. The van der Waals surface area contributed by atoms with Crippen LogP contribution in [-0.4, -0.2) is 60.5 Å². The summed E-state index contributed by atoms with van der Waals surface area (Å²) in [5.74, 6) is -1.31. The predicted octanol–water partition coefficient (Wildman–Crippen LogP) is 4.28. The van der Waals surface area contributed by atoms with Crippen molar-refractivity contribution in [2.24, 2.45) is 0 Å². The number of esters is 2. The Morgan fingerprint density at radius 2 is 1.52 bits per heavy atom. The highest BCUT2D eigenvalue weighted by molar-refractivity contribution is 7.91. The van der Waals surface area contributed by atoms with E-state index in [9.17, 15) is 18.0 Å². The first-order valence-electron chi connectivity index (χ1n) is 11.9. The number of aryl methyl sites for hydroxylation is 1. The van der Waals surface area contributed by atoms with Crippen molar-refractivity contribution >= 4 is 43.5 Å². The Balaban J connectivity index is 2.43. The number of sulfone groups is 1. The Morgan fingerprint density at radius 1 is 0.875 bits per heavy atom. The molecular formula is C28H29NO10S. The predicted molar refractivity (Wildman–Crippen MR) is 145 cm³/mol. The molecule has 4 aromatic rings. The third-order valence-electron chi connectivity index (χ3n) is 6.34. The number of nitrogens with zero attached hydrogens (tertiary/aromatic N) is 1. The molecule has 0 N–H and O–H groups in total. The third-order valence-corrected chi connectivity index (χ3v) is 8.15. The molecule has 0 radical (unpaired) electrons. The molecule has 1 aromatic heterocycles. The molecule has 0 atom stereocenters. The van der Waals surface area contributed by atoms with E-state index in [2.05, 4.69) is 0 Å². The summed E-state index contributed by atoms with van der Waals surface area (Å²) < 4.78 is 63.1. The van der Waals surface area contributed by atoms with E-state index in [1.54, 1.807) is 12.1 Å². The van der Waals surface area contributed by atoms with Crippen LogP contribution in [0.5, 0.6) is 23.0 Å². The van der Waals surface area contributed by atoms with Crippen LogP contribution in [0.1, 0.15) is 22.8 Å². The van der Waals surface area contributed by atoms with E-state index >= 15 is 0 Å². The van der Waals surface area contributed by atoms with Gasteiger partial charge in [0.25, 0.3) is 0 Å². The summed E-state index contributed by atoms with van der Waals surface area (Å²) in [7, 11) is 2.43. The van der Waals surface area contributed by atoms with Crippen LogP contribution in [0.3, 0.4) is 0 Å². The van der Waals surface area contributed by atoms with Crippen LogP contribution < -0.4 is 18.9 Å². The number of hydrogen-bond acceptors (Lipinski definition) is 10. The molecule has 0 fully saturated rings. The fourth-order valence-corrected chi connectivity index (χ4v) is 6.30. The van der Waals surface area contributed by atoms with Crippen LogP contribution in [0, 0.1) is 6.92 Å². The molecule has 40 heavy (non-hydrogen) atoms. The van der Waals surface area contributed by atoms with Gasteiger partial charge < -0.3 is 33.0 Å². The topological polar surface area (TPSA) is 129 Å². The number of ether oxygens (including phenoxy) is 6. The van der Waals surface area contributed by atoms with Crippen molar-refractivity contribution in [2.75, 3.05) is 35.5 Å². The maximum absolute atomic E-state index is 14.4. The number of hydrogen-bond donors (Lipinski definition) is 0. The van der Waals surface area contributed by atoms with E-state index in [4.69, 9.17) is 28.4 Å². The zero-order valence-electron chi connectivity index (χ0n) is 23.1. The van der Waals surface area contributed by atoms with Gasteiger partial charge in [-0.2, -0.15) is 0 Å². The van der Waals surface area contributed by atoms with E-state index in [1.165, 1.54) is 64.5 Å². The van der Waals surface area contributed by atoms with E-state index in [0.717, 1.165) is 12.5 Å². The summed E-state index contributed by atoms with van der Waals surface area (Å²) in [6.45, 7) is 2.84. The van der Waals surface area contributed by atoms with Gasteiger partial charge in [-0.25, -0.2) is 13.2 Å². The van der Waals surface area contributed by atoms with Crippen molar-refractivity contribution < 1.29 is 46.4 Å². The van der Waals surface area contributed by atoms with Crippen LogP contribution in [0.2, 0.25) is 0 Å². The first kappa shape index (κ1) is 28.7. The van der Waals surface area contributed by atoms with Crippen LogP contribution in [0.25, 0.3) is 21.7 Å². The van der Waals surface area contributed by atoms with Crippen molar-refractivity contribution in [1.82, 2.24) is 4.57 Å². The molecule has 3 aromatic carbocycles. The standard InChI is InChI=1S/C28H29NO10S/c1-15-8-10-17(11-9-15)40(32,33)27-23-21(19(28(31)38-7)13-29(23)14-34-3)22-18(24(27)39-16(2)30)12-20(35-4)25(36-5)26(22)37-6/h8-13H,14H2,1-7H3. The molecule has 212 valence electrons. The molecule has 0 aliphatic carbocycles. The summed E-state index contributed by atoms with van der Waals surface area (Å²) >= 11 is 0. The molecule has 0 saturated heterocycles. The maximum Gasteiger partial charge on any atom is 0.340 e. The molecule has 4 rings (SSSR count). The quantitative estimate of drug-likeness (QED) is 0.212. The number of rotatable bonds is 9. The molecule has 0 spiro atoms. The molecule has 11 nitrogen and oxygen atoms in total. The summed E-state index contributed by atoms with van der Waals surface area (Å²) in [6.07, 6.45) is 1.42. The van der Waals surface area contributed by atoms with E-state index in [1.807, 2.05) is 6.92 Å². The molecule has 1 heterocycles. The minimum Gasteiger partial charge on any atom is -0.493 e. The van der Waals surface area contributed by atoms with Gasteiger partial charge in [-0.1, -0.05) is 17.7 Å². The number of carbonyl (C=O) groups is 2. The Morgan fingerprint density at radius 3 is 2.05 bits per heavy atom. The van der Waals surface area contributed by atoms with Crippen LogP contribution >= 0.6 is 0 Å². The Kier molecular flexibility index (Phi) is 7.94. The summed E-state index contributed by atoms with van der Waals surface area (Å²) in [4.78, 5) is 25.1. The van der Waals surface area contributed by atoms with Crippen molar-refractivity contribution in [3.05, 3.63) is 47.7 Å². The number of carbonyl (C=O) groups excluding carboxylic acids is 2. The monoisotopic (exact) mass is 571 g/mol. The molecular weight excluding hydrogens is 542 g/mol. The van der Waals surface area contributed by atoms with Gasteiger partial charge in [-0.3, -0.25) is 4.79 Å². The largest absolute Gasteiger partial charge is 0.493 e. The molecule has 0 aliphatic heterocycles. The maximum atomic E-state index is 14.4. The number of benzene rings is 3. The summed E-state index contributed by atoms with van der Waals surface area (Å²) in [6, 6.07) is 7.69. The molecule has 0 bridgehead atoms. The van der Waals surface area contributed by atoms with E-state index < -0.39 is 21.8 Å². The van der Waals surface area contributed by atoms with Gasteiger partial charge >= 0.3 is 11.9 Å². The van der Waals surface area contributed by atoms with Crippen molar-refractivity contribution in [3.63, 3.8) is 0 Å². The Bertz CT molecular complexity index is 1740. The average molecular weight is 572 g/mol. The highest BCUT2D eigenvalue weighted by Crippen LogP contribution is 2.53. The molecule has 0 unspecified atom stereocenters. The van der Waals surface area contributed by atoms with Gasteiger partial charge in [0.05, 0.1) is 44.4 Å². The molecule has 12 heteroatoms. The first-order valence-corrected chi connectivity index (χ1v) is 13.4. The second kappa shape index (κ2) is 11.1. The second-order valence-corrected chi connectivity index (χ2v) is 10.7. The zero-order chi connectivity index (χ0) is 29.4. The zero-order valence-corrected chi connectivity index (χ0v) is 23.9. The Labute approximate surface area is 231 Å². The molecule has 0 saturated carbocycles. The van der Waals surface area contributed by atoms with Gasteiger partial charge in [0.2, 0.25) is 15.6 Å². The number of fused-ring (bicyclic) bond motifs is 3. The fraction of sp³-hybridized carbons (Fsp3) is 0.286. The summed E-state index contributed by atoms with van der Waals surface area (Å²) in [5.41, 5.74) is 0.914. The van der Waals surface area contributed by atoms with Crippen molar-refractivity contribution in [3.8, 4) is 23.0 Å². The first-order chi connectivity index (χ1) is 19.0. The lowest BCUT2D eigenvalue weighted by molar-refractivity contribution is -0.131. The average Bonchev–Trinajstić information content (AvgIpc) is 3.29. The van der Waals surface area contributed by atoms with E-state index in [-0.39, 0.29) is 66.8 Å². The number of aromatic nitrogens is 1. The van der Waals surface area contributed by atoms with Crippen LogP contribution in [0.15, 0.2) is 46.3 Å². The van der Waals surface area contributed by atoms with E-state index in [0.29, 0.717) is 0 Å². The lowest BCUT2D eigenvalue weighted by Gasteiger charge is -2.21. The smallest absolute Gasteiger partial charge is 0.340 e. The highest BCUT2D eigenvalue weighted by Gasteiger charge is 2.36. The second-order valence-electron chi connectivity index (χ2n) is 8.78. The minimum atomic E-state index is -4.38. The minimum absolute atomic E-state index is 0.0276. The normalized spacial score (nSPS) is 11.5.